The first kappa shape index (κ1) is 27.2. The molecule has 9 nitrogen and oxygen atoms in total. The topological polar surface area (TPSA) is 96.0 Å². The third-order valence-electron chi connectivity index (χ3n) is 7.45. The monoisotopic (exact) mass is 547 g/mol. The van der Waals surface area contributed by atoms with E-state index in [0.717, 1.165) is 37.1 Å². The van der Waals surface area contributed by atoms with Crippen LogP contribution in [0.5, 0.6) is 0 Å². The Hall–Kier alpha value is -3.38. The van der Waals surface area contributed by atoms with Crippen LogP contribution < -0.4 is 10.6 Å². The molecule has 3 aliphatic heterocycles. The maximum Gasteiger partial charge on any atom is 0.416 e. The highest BCUT2D eigenvalue weighted by molar-refractivity contribution is 5.89. The highest BCUT2D eigenvalue weighted by Gasteiger charge is 2.47. The predicted octanol–water partition coefficient (Wildman–Crippen LogP) is 4.39. The molecular weight excluding hydrogens is 515 g/mol. The Bertz CT molecular complexity index is 1150. The molecule has 0 saturated carbocycles. The second-order valence-corrected chi connectivity index (χ2v) is 10.4. The molecule has 12 heteroatoms. The van der Waals surface area contributed by atoms with Crippen molar-refractivity contribution in [1.29, 1.82) is 0 Å². The van der Waals surface area contributed by atoms with Gasteiger partial charge < -0.3 is 20.1 Å². The van der Waals surface area contributed by atoms with Crippen LogP contribution in [-0.2, 0) is 28.7 Å². The fourth-order valence-corrected chi connectivity index (χ4v) is 5.23. The zero-order valence-corrected chi connectivity index (χ0v) is 21.5. The van der Waals surface area contributed by atoms with E-state index in [1.165, 1.54) is 12.1 Å². The number of nitrogens with one attached hydrogen (secondary N) is 2. The van der Waals surface area contributed by atoms with Gasteiger partial charge >= 0.3 is 18.3 Å². The van der Waals surface area contributed by atoms with E-state index in [1.807, 2.05) is 0 Å². The van der Waals surface area contributed by atoms with Crippen LogP contribution in [0.3, 0.4) is 0 Å². The van der Waals surface area contributed by atoms with Crippen molar-refractivity contribution in [3.05, 3.63) is 59.4 Å². The number of nitrogens with zero attached hydrogens (tertiary/aromatic N) is 3. The van der Waals surface area contributed by atoms with Crippen LogP contribution in [0.4, 0.5) is 28.4 Å². The molecule has 0 aliphatic carbocycles. The van der Waals surface area contributed by atoms with Crippen molar-refractivity contribution in [3.8, 4) is 0 Å². The van der Waals surface area contributed by atoms with Gasteiger partial charge in [-0.15, -0.1) is 0 Å². The number of piperidine rings is 1. The number of ether oxygens (including phenoxy) is 2. The average Bonchev–Trinajstić information content (AvgIpc) is 3.53. The summed E-state index contributed by atoms with van der Waals surface area (Å²) in [5.74, 6) is 0. The Balaban J connectivity index is 1.07. The molecule has 1 spiro atoms. The van der Waals surface area contributed by atoms with Crippen molar-refractivity contribution in [1.82, 2.24) is 20.1 Å². The molecule has 3 saturated heterocycles. The number of urea groups is 1. The van der Waals surface area contributed by atoms with Crippen molar-refractivity contribution in [2.24, 2.45) is 0 Å². The third kappa shape index (κ3) is 6.99. The number of carbonyl (C=O) groups is 2. The van der Waals surface area contributed by atoms with E-state index in [2.05, 4.69) is 20.5 Å². The molecular formula is C27H32F3N5O4. The number of alkyl halides is 3. The smallest absolute Gasteiger partial charge is 0.416 e. The minimum Gasteiger partial charge on any atom is -0.441 e. The zero-order valence-electron chi connectivity index (χ0n) is 21.5. The van der Waals surface area contributed by atoms with E-state index in [4.69, 9.17) is 9.47 Å². The van der Waals surface area contributed by atoms with Gasteiger partial charge in [0.25, 0.3) is 0 Å². The number of hydrogen-bond donors (Lipinski definition) is 2. The fourth-order valence-electron chi connectivity index (χ4n) is 5.23. The number of rotatable bonds is 7. The lowest BCUT2D eigenvalue weighted by atomic mass is 9.91. The molecule has 1 aromatic carbocycles. The molecule has 0 bridgehead atoms. The summed E-state index contributed by atoms with van der Waals surface area (Å²) in [6, 6.07) is 8.41. The van der Waals surface area contributed by atoms with Gasteiger partial charge in [-0.25, -0.2) is 9.59 Å². The number of amides is 3. The molecule has 3 fully saturated rings. The van der Waals surface area contributed by atoms with Crippen LogP contribution in [0.25, 0.3) is 0 Å². The van der Waals surface area contributed by atoms with Crippen molar-refractivity contribution in [2.75, 3.05) is 38.1 Å². The van der Waals surface area contributed by atoms with Gasteiger partial charge in [-0.05, 0) is 42.7 Å². The maximum atomic E-state index is 12.8. The van der Waals surface area contributed by atoms with E-state index in [9.17, 15) is 22.8 Å². The van der Waals surface area contributed by atoms with Crippen molar-refractivity contribution >= 4 is 17.8 Å². The third-order valence-corrected chi connectivity index (χ3v) is 7.45. The molecule has 5 rings (SSSR count). The molecule has 1 atom stereocenters. The Morgan fingerprint density at radius 2 is 1.87 bits per heavy atom. The van der Waals surface area contributed by atoms with Crippen molar-refractivity contribution in [2.45, 2.75) is 56.7 Å². The molecule has 2 aromatic rings. The van der Waals surface area contributed by atoms with Crippen LogP contribution in [-0.4, -0.2) is 71.4 Å². The lowest BCUT2D eigenvalue weighted by Crippen LogP contribution is -2.46. The lowest BCUT2D eigenvalue weighted by Gasteiger charge is -2.37. The molecule has 39 heavy (non-hydrogen) atoms. The molecule has 1 aromatic heterocycles. The summed E-state index contributed by atoms with van der Waals surface area (Å²) in [5.41, 5.74) is 0.806. The molecule has 3 aliphatic rings. The summed E-state index contributed by atoms with van der Waals surface area (Å²) >= 11 is 0. The number of carbonyl (C=O) groups excluding carboxylic acids is 2. The van der Waals surface area contributed by atoms with E-state index in [-0.39, 0.29) is 18.2 Å². The van der Waals surface area contributed by atoms with E-state index in [0.29, 0.717) is 63.5 Å². The van der Waals surface area contributed by atoms with Crippen LogP contribution in [0.1, 0.15) is 42.5 Å². The first-order valence-electron chi connectivity index (χ1n) is 13.2. The Morgan fingerprint density at radius 3 is 2.51 bits per heavy atom. The van der Waals surface area contributed by atoms with Gasteiger partial charge in [0.1, 0.15) is 5.60 Å². The molecule has 0 radical (unpaired) electrons. The van der Waals surface area contributed by atoms with Gasteiger partial charge in [0.15, 0.2) is 0 Å². The van der Waals surface area contributed by atoms with Crippen LogP contribution in [0.15, 0.2) is 42.6 Å². The quantitative estimate of drug-likeness (QED) is 0.534. The number of anilines is 1. The highest BCUT2D eigenvalue weighted by atomic mass is 19.4. The normalized spacial score (nSPS) is 21.3. The van der Waals surface area contributed by atoms with Crippen molar-refractivity contribution < 1.29 is 32.2 Å². The molecule has 210 valence electrons. The van der Waals surface area contributed by atoms with E-state index >= 15 is 0 Å². The lowest BCUT2D eigenvalue weighted by molar-refractivity contribution is -0.137. The highest BCUT2D eigenvalue weighted by Crippen LogP contribution is 2.35. The van der Waals surface area contributed by atoms with Gasteiger partial charge in [-0.3, -0.25) is 14.8 Å². The molecule has 4 heterocycles. The summed E-state index contributed by atoms with van der Waals surface area (Å²) in [7, 11) is 0. The maximum absolute atomic E-state index is 12.8. The standard InChI is InChI=1S/C27H32F3N5O4/c28-27(29,30)20-5-3-19(4-6-20)16-34-11-9-26(10-12-34)18-35(25(37)39-26)17-22-8-7-21(14-31-22)33-24(36)32-15-23-2-1-13-38-23/h3-8,14,23H,1-2,9-13,15-18H2,(H2,32,33,36). The number of hydrogen-bond acceptors (Lipinski definition) is 6. The van der Waals surface area contributed by atoms with E-state index < -0.39 is 17.3 Å². The van der Waals surface area contributed by atoms with Gasteiger partial charge in [-0.2, -0.15) is 13.2 Å². The number of likely N-dealkylation sites (tertiary alicyclic amines) is 1. The van der Waals surface area contributed by atoms with Gasteiger partial charge in [0, 0.05) is 45.6 Å². The Kier molecular flexibility index (Phi) is 7.94. The predicted molar refractivity (Wildman–Crippen MR) is 136 cm³/mol. The number of halogens is 3. The largest absolute Gasteiger partial charge is 0.441 e. The van der Waals surface area contributed by atoms with Crippen LogP contribution in [0.2, 0.25) is 0 Å². The summed E-state index contributed by atoms with van der Waals surface area (Å²) < 4.78 is 49.7. The second-order valence-electron chi connectivity index (χ2n) is 10.4. The SMILES string of the molecule is O=C(NCC1CCCO1)Nc1ccc(CN2CC3(CCN(Cc4ccc(C(F)(F)F)cc4)CC3)OC2=O)nc1. The second kappa shape index (κ2) is 11.4. The minimum absolute atomic E-state index is 0.0611. The number of pyridine rings is 1. The van der Waals surface area contributed by atoms with Gasteiger partial charge in [-0.1, -0.05) is 12.1 Å². The van der Waals surface area contributed by atoms with Gasteiger partial charge in [0.05, 0.1) is 42.3 Å². The minimum atomic E-state index is -4.34. The zero-order chi connectivity index (χ0) is 27.5. The Labute approximate surface area is 224 Å². The fraction of sp³-hybridized carbons (Fsp3) is 0.519. The summed E-state index contributed by atoms with van der Waals surface area (Å²) in [6.45, 7) is 3.83. The van der Waals surface area contributed by atoms with Crippen LogP contribution in [0, 0.1) is 0 Å². The first-order chi connectivity index (χ1) is 18.7. The summed E-state index contributed by atoms with van der Waals surface area (Å²) in [6.07, 6.45) is 0.129. The average molecular weight is 548 g/mol. The first-order valence-corrected chi connectivity index (χ1v) is 13.2. The van der Waals surface area contributed by atoms with Crippen molar-refractivity contribution in [3.63, 3.8) is 0 Å². The number of aromatic nitrogens is 1. The molecule has 1 unspecified atom stereocenters. The van der Waals surface area contributed by atoms with E-state index in [1.54, 1.807) is 23.2 Å². The molecule has 2 N–H and O–H groups in total. The summed E-state index contributed by atoms with van der Waals surface area (Å²) in [5, 5.41) is 5.54. The van der Waals surface area contributed by atoms with Crippen LogP contribution >= 0.6 is 0 Å². The Morgan fingerprint density at radius 1 is 1.10 bits per heavy atom. The molecule has 3 amide bonds. The number of benzene rings is 1. The van der Waals surface area contributed by atoms with Gasteiger partial charge in [0.2, 0.25) is 0 Å². The summed E-state index contributed by atoms with van der Waals surface area (Å²) in [4.78, 5) is 32.9.